The minimum atomic E-state index is -0.946. The molecule has 4 nitrogen and oxygen atoms in total. The highest BCUT2D eigenvalue weighted by molar-refractivity contribution is 5.96. The predicted octanol–water partition coefficient (Wildman–Crippen LogP) is 2.39. The molecule has 20 heavy (non-hydrogen) atoms. The summed E-state index contributed by atoms with van der Waals surface area (Å²) in [5, 5.41) is 0. The predicted molar refractivity (Wildman–Crippen MR) is 72.7 cm³/mol. The molecule has 0 N–H and O–H groups in total. The standard InChI is InChI=1S/C16H20O4/c1-9-5-10-8-16(19-4)13(7-14(18)20-16)15(2,3)11(10)6-12(9)17/h5,7,10-11H,6,8H2,1-4H3/t10-,11-,16+/m1/s1. The van der Waals surface area contributed by atoms with Crippen molar-refractivity contribution in [3.8, 4) is 0 Å². The zero-order valence-corrected chi connectivity index (χ0v) is 12.4. The van der Waals surface area contributed by atoms with Crippen LogP contribution in [0.15, 0.2) is 23.3 Å². The molecule has 0 aromatic rings. The highest BCUT2D eigenvalue weighted by Gasteiger charge is 2.59. The molecule has 2 aliphatic carbocycles. The number of carbonyl (C=O) groups excluding carboxylic acids is 2. The van der Waals surface area contributed by atoms with Gasteiger partial charge in [0.1, 0.15) is 0 Å². The number of esters is 1. The summed E-state index contributed by atoms with van der Waals surface area (Å²) in [6.45, 7) is 6.01. The van der Waals surface area contributed by atoms with Gasteiger partial charge in [-0.15, -0.1) is 0 Å². The Hall–Kier alpha value is -1.42. The maximum absolute atomic E-state index is 12.0. The van der Waals surface area contributed by atoms with E-state index in [1.807, 2.05) is 13.0 Å². The first-order valence-corrected chi connectivity index (χ1v) is 7.02. The molecule has 0 bridgehead atoms. The number of ketones is 1. The van der Waals surface area contributed by atoms with Crippen LogP contribution in [0, 0.1) is 17.3 Å². The number of hydrogen-bond acceptors (Lipinski definition) is 4. The summed E-state index contributed by atoms with van der Waals surface area (Å²) >= 11 is 0. The van der Waals surface area contributed by atoms with Crippen molar-refractivity contribution in [3.05, 3.63) is 23.3 Å². The normalized spacial score (nSPS) is 38.6. The highest BCUT2D eigenvalue weighted by Crippen LogP contribution is 2.58. The molecule has 0 unspecified atom stereocenters. The van der Waals surface area contributed by atoms with E-state index in [9.17, 15) is 9.59 Å². The first-order chi connectivity index (χ1) is 9.30. The fraction of sp³-hybridized carbons (Fsp3) is 0.625. The van der Waals surface area contributed by atoms with Gasteiger partial charge in [-0.25, -0.2) is 4.79 Å². The molecule has 0 aromatic heterocycles. The molecule has 1 saturated carbocycles. The first kappa shape index (κ1) is 13.6. The summed E-state index contributed by atoms with van der Waals surface area (Å²) in [7, 11) is 1.58. The lowest BCUT2D eigenvalue weighted by Crippen LogP contribution is -2.52. The zero-order valence-electron chi connectivity index (χ0n) is 12.4. The van der Waals surface area contributed by atoms with Crippen molar-refractivity contribution in [1.29, 1.82) is 0 Å². The summed E-state index contributed by atoms with van der Waals surface area (Å²) < 4.78 is 11.1. The van der Waals surface area contributed by atoms with Gasteiger partial charge in [0.2, 0.25) is 5.79 Å². The number of rotatable bonds is 1. The second-order valence-corrected chi connectivity index (χ2v) is 6.61. The fourth-order valence-corrected chi connectivity index (χ4v) is 4.08. The smallest absolute Gasteiger partial charge is 0.333 e. The van der Waals surface area contributed by atoms with Crippen LogP contribution in [-0.2, 0) is 19.1 Å². The number of methoxy groups -OCH3 is 1. The molecule has 0 saturated heterocycles. The molecule has 1 heterocycles. The third-order valence-corrected chi connectivity index (χ3v) is 5.22. The maximum atomic E-state index is 12.0. The number of hydrogen-bond donors (Lipinski definition) is 0. The second-order valence-electron chi connectivity index (χ2n) is 6.61. The van der Waals surface area contributed by atoms with Crippen LogP contribution in [-0.4, -0.2) is 24.6 Å². The van der Waals surface area contributed by atoms with E-state index in [1.165, 1.54) is 0 Å². The van der Waals surface area contributed by atoms with Gasteiger partial charge in [0.05, 0.1) is 0 Å². The van der Waals surface area contributed by atoms with E-state index in [1.54, 1.807) is 13.2 Å². The topological polar surface area (TPSA) is 52.6 Å². The number of fused-ring (bicyclic) bond motifs is 2. The van der Waals surface area contributed by atoms with Crippen LogP contribution < -0.4 is 0 Å². The molecule has 0 aromatic carbocycles. The Bertz CT molecular complexity index is 555. The van der Waals surface area contributed by atoms with Gasteiger partial charge in [0, 0.05) is 31.6 Å². The van der Waals surface area contributed by atoms with Crippen LogP contribution in [0.4, 0.5) is 0 Å². The molecule has 4 heteroatoms. The molecule has 1 aliphatic heterocycles. The minimum absolute atomic E-state index is 0.197. The van der Waals surface area contributed by atoms with Gasteiger partial charge in [0.25, 0.3) is 0 Å². The van der Waals surface area contributed by atoms with Crippen LogP contribution in [0.3, 0.4) is 0 Å². The van der Waals surface area contributed by atoms with Crippen LogP contribution in [0.5, 0.6) is 0 Å². The molecule has 0 spiro atoms. The number of ether oxygens (including phenoxy) is 2. The SMILES string of the molecule is CO[C@]12C[C@H]3C=C(C)C(=O)C[C@H]3C(C)(C)C1=CC(=O)O2. The summed E-state index contributed by atoms with van der Waals surface area (Å²) in [5.74, 6) is -0.692. The average Bonchev–Trinajstić information content (AvgIpc) is 2.71. The molecule has 1 fully saturated rings. The quantitative estimate of drug-likeness (QED) is 0.690. The van der Waals surface area contributed by atoms with Crippen molar-refractivity contribution >= 4 is 11.8 Å². The summed E-state index contributed by atoms with van der Waals surface area (Å²) in [5.41, 5.74) is 1.39. The number of carbonyl (C=O) groups is 2. The largest absolute Gasteiger partial charge is 0.426 e. The van der Waals surface area contributed by atoms with E-state index < -0.39 is 5.79 Å². The van der Waals surface area contributed by atoms with Gasteiger partial charge in [-0.3, -0.25) is 4.79 Å². The van der Waals surface area contributed by atoms with E-state index in [2.05, 4.69) is 13.8 Å². The lowest BCUT2D eigenvalue weighted by molar-refractivity contribution is -0.214. The van der Waals surface area contributed by atoms with Crippen LogP contribution in [0.25, 0.3) is 0 Å². The molecule has 108 valence electrons. The third-order valence-electron chi connectivity index (χ3n) is 5.22. The third kappa shape index (κ3) is 1.64. The van der Waals surface area contributed by atoms with Crippen LogP contribution >= 0.6 is 0 Å². The zero-order chi connectivity index (χ0) is 14.7. The van der Waals surface area contributed by atoms with Crippen LogP contribution in [0.2, 0.25) is 0 Å². The Morgan fingerprint density at radius 3 is 2.70 bits per heavy atom. The lowest BCUT2D eigenvalue weighted by atomic mass is 9.56. The summed E-state index contributed by atoms with van der Waals surface area (Å²) in [6, 6.07) is 0. The van der Waals surface area contributed by atoms with Crippen molar-refractivity contribution in [2.75, 3.05) is 7.11 Å². The Balaban J connectivity index is 2.11. The van der Waals surface area contributed by atoms with E-state index in [-0.39, 0.29) is 29.0 Å². The Morgan fingerprint density at radius 2 is 2.05 bits per heavy atom. The van der Waals surface area contributed by atoms with Gasteiger partial charge in [-0.05, 0) is 29.7 Å². The molecular formula is C16H20O4. The Labute approximate surface area is 118 Å². The molecule has 0 radical (unpaired) electrons. The number of Topliss-reactive ketones (excluding diaryl/α,β-unsaturated/α-hetero) is 1. The average molecular weight is 276 g/mol. The maximum Gasteiger partial charge on any atom is 0.333 e. The summed E-state index contributed by atoms with van der Waals surface area (Å²) in [6.07, 6.45) is 4.71. The fourth-order valence-electron chi connectivity index (χ4n) is 4.08. The van der Waals surface area contributed by atoms with Crippen LogP contribution in [0.1, 0.15) is 33.6 Å². The van der Waals surface area contributed by atoms with E-state index >= 15 is 0 Å². The van der Waals surface area contributed by atoms with Gasteiger partial charge in [0.15, 0.2) is 5.78 Å². The van der Waals surface area contributed by atoms with E-state index in [0.29, 0.717) is 12.8 Å². The molecule has 3 aliphatic rings. The monoisotopic (exact) mass is 276 g/mol. The van der Waals surface area contributed by atoms with Gasteiger partial charge in [-0.2, -0.15) is 0 Å². The molecule has 0 amide bonds. The first-order valence-electron chi connectivity index (χ1n) is 7.02. The van der Waals surface area contributed by atoms with Crippen molar-refractivity contribution < 1.29 is 19.1 Å². The van der Waals surface area contributed by atoms with E-state index in [4.69, 9.17) is 9.47 Å². The van der Waals surface area contributed by atoms with Gasteiger partial charge in [-0.1, -0.05) is 19.9 Å². The molecule has 3 atom stereocenters. The minimum Gasteiger partial charge on any atom is -0.426 e. The van der Waals surface area contributed by atoms with Crippen molar-refractivity contribution in [2.45, 2.75) is 39.4 Å². The van der Waals surface area contributed by atoms with Crippen molar-refractivity contribution in [2.24, 2.45) is 17.3 Å². The second kappa shape index (κ2) is 4.04. The van der Waals surface area contributed by atoms with Crippen molar-refractivity contribution in [3.63, 3.8) is 0 Å². The Morgan fingerprint density at radius 1 is 1.35 bits per heavy atom. The van der Waals surface area contributed by atoms with Crippen molar-refractivity contribution in [1.82, 2.24) is 0 Å². The number of allylic oxidation sites excluding steroid dienone is 2. The van der Waals surface area contributed by atoms with Gasteiger partial charge >= 0.3 is 5.97 Å². The molecular weight excluding hydrogens is 256 g/mol. The summed E-state index contributed by atoms with van der Waals surface area (Å²) in [4.78, 5) is 23.8. The highest BCUT2D eigenvalue weighted by atomic mass is 16.7. The lowest BCUT2D eigenvalue weighted by Gasteiger charge is -2.51. The van der Waals surface area contributed by atoms with E-state index in [0.717, 1.165) is 11.1 Å². The van der Waals surface area contributed by atoms with Gasteiger partial charge < -0.3 is 9.47 Å². The molecule has 3 rings (SSSR count). The Kier molecular flexibility index (Phi) is 2.74.